The molecule has 0 radical (unpaired) electrons. The lowest BCUT2D eigenvalue weighted by Crippen LogP contribution is -2.24. The standard InChI is InChI=1S/C9H10ClN3O3/c1-16-7-3-6(10)2-5(8(7)14)4-12-13-9(11)15/h2-4,14H,1H3,(H3,11,13,15)/b12-4-. The number of phenolic OH excluding ortho intramolecular Hbond substituents is 1. The Morgan fingerprint density at radius 2 is 2.38 bits per heavy atom. The molecule has 0 spiro atoms. The third-order valence-corrected chi connectivity index (χ3v) is 1.89. The van der Waals surface area contributed by atoms with Crippen LogP contribution in [-0.4, -0.2) is 24.5 Å². The Balaban J connectivity index is 2.99. The molecule has 0 saturated heterocycles. The smallest absolute Gasteiger partial charge is 0.332 e. The zero-order valence-corrected chi connectivity index (χ0v) is 9.15. The van der Waals surface area contributed by atoms with Crippen LogP contribution < -0.4 is 15.9 Å². The molecule has 0 atom stereocenters. The van der Waals surface area contributed by atoms with Gasteiger partial charge in [-0.2, -0.15) is 5.10 Å². The number of nitrogens with two attached hydrogens (primary N) is 1. The Morgan fingerprint density at radius 3 is 2.94 bits per heavy atom. The van der Waals surface area contributed by atoms with Crippen LogP contribution in [0.15, 0.2) is 17.2 Å². The third kappa shape index (κ3) is 3.03. The van der Waals surface area contributed by atoms with Gasteiger partial charge in [0.25, 0.3) is 0 Å². The molecule has 86 valence electrons. The van der Waals surface area contributed by atoms with Gasteiger partial charge < -0.3 is 15.6 Å². The van der Waals surface area contributed by atoms with Gasteiger partial charge in [-0.1, -0.05) is 11.6 Å². The number of hydrazone groups is 1. The number of primary amides is 1. The molecule has 2 amide bonds. The van der Waals surface area contributed by atoms with E-state index in [-0.39, 0.29) is 11.5 Å². The first-order chi connectivity index (χ1) is 7.54. The number of urea groups is 1. The maximum Gasteiger partial charge on any atom is 0.332 e. The molecule has 0 aromatic heterocycles. The number of hydrogen-bond donors (Lipinski definition) is 3. The van der Waals surface area contributed by atoms with Crippen molar-refractivity contribution in [3.8, 4) is 11.5 Å². The predicted octanol–water partition coefficient (Wildman–Crippen LogP) is 1.06. The van der Waals surface area contributed by atoms with Crippen molar-refractivity contribution in [2.24, 2.45) is 10.8 Å². The molecule has 0 fully saturated rings. The van der Waals surface area contributed by atoms with Crippen molar-refractivity contribution in [1.82, 2.24) is 5.43 Å². The molecule has 16 heavy (non-hydrogen) atoms. The Kier molecular flexibility index (Phi) is 3.96. The van der Waals surface area contributed by atoms with Crippen molar-refractivity contribution in [3.63, 3.8) is 0 Å². The van der Waals surface area contributed by atoms with E-state index in [1.807, 2.05) is 5.43 Å². The van der Waals surface area contributed by atoms with Gasteiger partial charge in [0.2, 0.25) is 0 Å². The van der Waals surface area contributed by atoms with Crippen LogP contribution in [0, 0.1) is 0 Å². The van der Waals surface area contributed by atoms with Crippen LogP contribution >= 0.6 is 11.6 Å². The number of nitrogens with zero attached hydrogens (tertiary/aromatic N) is 1. The van der Waals surface area contributed by atoms with Gasteiger partial charge in [-0.25, -0.2) is 10.2 Å². The minimum atomic E-state index is -0.801. The highest BCUT2D eigenvalue weighted by molar-refractivity contribution is 6.31. The average Bonchev–Trinajstić information content (AvgIpc) is 2.22. The summed E-state index contributed by atoms with van der Waals surface area (Å²) in [6.45, 7) is 0. The van der Waals surface area contributed by atoms with Crippen molar-refractivity contribution in [2.75, 3.05) is 7.11 Å². The van der Waals surface area contributed by atoms with Gasteiger partial charge in [0.1, 0.15) is 0 Å². The van der Waals surface area contributed by atoms with Crippen LogP contribution in [-0.2, 0) is 0 Å². The summed E-state index contributed by atoms with van der Waals surface area (Å²) in [5, 5.41) is 13.5. The van der Waals surface area contributed by atoms with E-state index in [4.69, 9.17) is 22.1 Å². The summed E-state index contributed by atoms with van der Waals surface area (Å²) in [6, 6.07) is 2.12. The third-order valence-electron chi connectivity index (χ3n) is 1.67. The number of halogens is 1. The summed E-state index contributed by atoms with van der Waals surface area (Å²) >= 11 is 5.78. The predicted molar refractivity (Wildman–Crippen MR) is 60.0 cm³/mol. The largest absolute Gasteiger partial charge is 0.504 e. The number of aromatic hydroxyl groups is 1. The highest BCUT2D eigenvalue weighted by Crippen LogP contribution is 2.32. The van der Waals surface area contributed by atoms with Crippen molar-refractivity contribution < 1.29 is 14.6 Å². The first-order valence-corrected chi connectivity index (χ1v) is 4.57. The lowest BCUT2D eigenvalue weighted by Gasteiger charge is -2.06. The number of amides is 2. The molecule has 7 heteroatoms. The molecule has 0 aliphatic rings. The summed E-state index contributed by atoms with van der Waals surface area (Å²) in [7, 11) is 1.40. The molecule has 0 heterocycles. The van der Waals surface area contributed by atoms with E-state index in [0.717, 1.165) is 0 Å². The zero-order chi connectivity index (χ0) is 12.1. The van der Waals surface area contributed by atoms with Gasteiger partial charge in [0.05, 0.1) is 13.3 Å². The summed E-state index contributed by atoms with van der Waals surface area (Å²) in [4.78, 5) is 10.3. The van der Waals surface area contributed by atoms with E-state index in [1.54, 1.807) is 0 Å². The number of hydrogen-bond acceptors (Lipinski definition) is 4. The van der Waals surface area contributed by atoms with E-state index >= 15 is 0 Å². The van der Waals surface area contributed by atoms with Gasteiger partial charge in [0.15, 0.2) is 11.5 Å². The van der Waals surface area contributed by atoms with E-state index in [2.05, 4.69) is 5.10 Å². The van der Waals surface area contributed by atoms with E-state index in [9.17, 15) is 9.90 Å². The molecule has 0 aliphatic carbocycles. The Bertz CT molecular complexity index is 434. The van der Waals surface area contributed by atoms with Gasteiger partial charge in [-0.3, -0.25) is 0 Å². The average molecular weight is 244 g/mol. The fourth-order valence-electron chi connectivity index (χ4n) is 1.01. The second-order valence-corrected chi connectivity index (χ2v) is 3.22. The lowest BCUT2D eigenvalue weighted by molar-refractivity contribution is 0.249. The summed E-state index contributed by atoms with van der Waals surface area (Å²) in [5.41, 5.74) is 7.10. The van der Waals surface area contributed by atoms with E-state index in [0.29, 0.717) is 10.6 Å². The minimum Gasteiger partial charge on any atom is -0.504 e. The number of carbonyl (C=O) groups excluding carboxylic acids is 1. The fourth-order valence-corrected chi connectivity index (χ4v) is 1.23. The number of phenols is 1. The maximum atomic E-state index is 10.3. The highest BCUT2D eigenvalue weighted by atomic mass is 35.5. The fraction of sp³-hybridized carbons (Fsp3) is 0.111. The molecular weight excluding hydrogens is 234 g/mol. The topological polar surface area (TPSA) is 96.9 Å². The molecule has 0 saturated carbocycles. The molecule has 1 aromatic rings. The van der Waals surface area contributed by atoms with Crippen LogP contribution in [0.2, 0.25) is 5.02 Å². The number of nitrogens with one attached hydrogen (secondary N) is 1. The molecular formula is C9H10ClN3O3. The normalized spacial score (nSPS) is 10.4. The maximum absolute atomic E-state index is 10.3. The number of benzene rings is 1. The molecule has 4 N–H and O–H groups in total. The van der Waals surface area contributed by atoms with Gasteiger partial charge in [-0.05, 0) is 6.07 Å². The van der Waals surface area contributed by atoms with E-state index in [1.165, 1.54) is 25.5 Å². The molecule has 1 aromatic carbocycles. The van der Waals surface area contributed by atoms with Gasteiger partial charge in [-0.15, -0.1) is 0 Å². The SMILES string of the molecule is COc1cc(Cl)cc(/C=N\NC(N)=O)c1O. The van der Waals surface area contributed by atoms with Gasteiger partial charge >= 0.3 is 6.03 Å². The van der Waals surface area contributed by atoms with Crippen LogP contribution in [0.1, 0.15) is 5.56 Å². The van der Waals surface area contributed by atoms with Crippen molar-refractivity contribution >= 4 is 23.8 Å². The molecule has 0 bridgehead atoms. The van der Waals surface area contributed by atoms with Crippen molar-refractivity contribution in [2.45, 2.75) is 0 Å². The second kappa shape index (κ2) is 5.22. The van der Waals surface area contributed by atoms with E-state index < -0.39 is 6.03 Å². The monoisotopic (exact) mass is 243 g/mol. The minimum absolute atomic E-state index is 0.123. The second-order valence-electron chi connectivity index (χ2n) is 2.78. The number of methoxy groups -OCH3 is 1. The Labute approximate surface area is 96.7 Å². The first kappa shape index (κ1) is 12.1. The van der Waals surface area contributed by atoms with Crippen molar-refractivity contribution in [1.29, 1.82) is 0 Å². The molecule has 0 unspecified atom stereocenters. The quantitative estimate of drug-likeness (QED) is 0.547. The Morgan fingerprint density at radius 1 is 1.69 bits per heavy atom. The summed E-state index contributed by atoms with van der Waals surface area (Å²) < 4.78 is 4.89. The highest BCUT2D eigenvalue weighted by Gasteiger charge is 2.08. The summed E-state index contributed by atoms with van der Waals surface area (Å²) in [6.07, 6.45) is 1.20. The number of ether oxygens (including phenoxy) is 1. The summed E-state index contributed by atoms with van der Waals surface area (Å²) in [5.74, 6) is 0.0925. The molecule has 0 aliphatic heterocycles. The lowest BCUT2D eigenvalue weighted by atomic mass is 10.2. The number of rotatable bonds is 3. The molecule has 6 nitrogen and oxygen atoms in total. The molecule has 1 rings (SSSR count). The van der Waals surface area contributed by atoms with Crippen LogP contribution in [0.4, 0.5) is 4.79 Å². The van der Waals surface area contributed by atoms with Crippen LogP contribution in [0.25, 0.3) is 0 Å². The first-order valence-electron chi connectivity index (χ1n) is 4.19. The van der Waals surface area contributed by atoms with Crippen molar-refractivity contribution in [3.05, 3.63) is 22.7 Å². The zero-order valence-electron chi connectivity index (χ0n) is 8.40. The van der Waals surface area contributed by atoms with Crippen LogP contribution in [0.3, 0.4) is 0 Å². The van der Waals surface area contributed by atoms with Gasteiger partial charge in [0, 0.05) is 16.7 Å². The van der Waals surface area contributed by atoms with Crippen LogP contribution in [0.5, 0.6) is 11.5 Å². The number of carbonyl (C=O) groups is 1. The Hall–Kier alpha value is -1.95.